The Kier molecular flexibility index (Phi) is 11.1. The molecule has 45 heavy (non-hydrogen) atoms. The number of anilines is 4. The molecule has 0 saturated carbocycles. The number of nitrogens with zero attached hydrogens (tertiary/aromatic N) is 5. The van der Waals surface area contributed by atoms with Crippen LogP contribution in [0.25, 0.3) is 0 Å². The summed E-state index contributed by atoms with van der Waals surface area (Å²) in [5.41, 5.74) is -0.728. The monoisotopic (exact) mass is 656 g/mol. The lowest BCUT2D eigenvalue weighted by molar-refractivity contribution is -0.134. The number of aromatic nitrogens is 2. The van der Waals surface area contributed by atoms with Gasteiger partial charge in [-0.2, -0.15) is 18.2 Å². The maximum absolute atomic E-state index is 13.9. The van der Waals surface area contributed by atoms with Crippen molar-refractivity contribution < 1.29 is 45.0 Å². The van der Waals surface area contributed by atoms with Crippen molar-refractivity contribution >= 4 is 45.2 Å². The van der Waals surface area contributed by atoms with E-state index < -0.39 is 57.0 Å². The van der Waals surface area contributed by atoms with Gasteiger partial charge in [-0.1, -0.05) is 13.0 Å². The molecular formula is C28H32F4N6O6S. The number of para-hydroxylation sites is 1. The minimum atomic E-state index is -5.04. The van der Waals surface area contributed by atoms with E-state index in [9.17, 15) is 35.6 Å². The van der Waals surface area contributed by atoms with Gasteiger partial charge in [-0.05, 0) is 50.2 Å². The van der Waals surface area contributed by atoms with Gasteiger partial charge >= 0.3 is 18.2 Å². The minimum Gasteiger partial charge on any atom is -0.420 e. The Hall–Kier alpha value is -4.67. The fraction of sp³-hybridized carbons (Fsp3) is 0.357. The van der Waals surface area contributed by atoms with Gasteiger partial charge in [-0.15, -0.1) is 0 Å². The van der Waals surface area contributed by atoms with Gasteiger partial charge in [0.2, 0.25) is 5.95 Å². The normalized spacial score (nSPS) is 11.5. The van der Waals surface area contributed by atoms with Gasteiger partial charge in [0, 0.05) is 33.6 Å². The second-order valence-corrected chi connectivity index (χ2v) is 11.4. The van der Waals surface area contributed by atoms with E-state index >= 15 is 0 Å². The van der Waals surface area contributed by atoms with Crippen LogP contribution in [0.3, 0.4) is 0 Å². The van der Waals surface area contributed by atoms with Crippen LogP contribution in [0.1, 0.15) is 27.2 Å². The molecule has 1 heterocycles. The predicted octanol–water partition coefficient (Wildman–Crippen LogP) is 5.34. The molecule has 244 valence electrons. The number of sulfonamides is 1. The fourth-order valence-corrected chi connectivity index (χ4v) is 5.24. The Morgan fingerprint density at radius 2 is 1.62 bits per heavy atom. The molecule has 1 N–H and O–H groups in total. The maximum Gasteiger partial charge on any atom is 0.414 e. The molecule has 3 rings (SSSR count). The molecule has 1 aromatic heterocycles. The number of ether oxygens (including phenoxy) is 2. The number of rotatable bonds is 12. The molecule has 0 atom stereocenters. The highest BCUT2D eigenvalue weighted by Gasteiger charge is 2.39. The lowest BCUT2D eigenvalue weighted by atomic mass is 10.2. The highest BCUT2D eigenvalue weighted by atomic mass is 32.2. The van der Waals surface area contributed by atoms with Gasteiger partial charge < -0.3 is 24.6 Å². The van der Waals surface area contributed by atoms with Crippen molar-refractivity contribution in [2.45, 2.75) is 38.3 Å². The number of benzene rings is 2. The highest BCUT2D eigenvalue weighted by molar-refractivity contribution is 7.92. The fourth-order valence-electron chi connectivity index (χ4n) is 3.79. The first-order chi connectivity index (χ1) is 21.1. The van der Waals surface area contributed by atoms with E-state index in [1.165, 1.54) is 39.2 Å². The second-order valence-electron chi connectivity index (χ2n) is 9.50. The first kappa shape index (κ1) is 34.8. The average Bonchev–Trinajstić information content (AvgIpc) is 2.98. The summed E-state index contributed by atoms with van der Waals surface area (Å²) in [6.45, 7) is 3.88. The largest absolute Gasteiger partial charge is 0.420 e. The predicted molar refractivity (Wildman–Crippen MR) is 158 cm³/mol. The lowest BCUT2D eigenvalue weighted by Crippen LogP contribution is -2.39. The van der Waals surface area contributed by atoms with Gasteiger partial charge in [-0.3, -0.25) is 9.10 Å². The molecule has 2 aromatic carbocycles. The van der Waals surface area contributed by atoms with Crippen LogP contribution < -0.4 is 24.0 Å². The van der Waals surface area contributed by atoms with E-state index in [-0.39, 0.29) is 33.9 Å². The van der Waals surface area contributed by atoms with E-state index in [1.807, 2.05) is 0 Å². The Bertz CT molecular complexity index is 1620. The summed E-state index contributed by atoms with van der Waals surface area (Å²) >= 11 is 0. The summed E-state index contributed by atoms with van der Waals surface area (Å²) in [6.07, 6.45) is -5.04. The van der Waals surface area contributed by atoms with Crippen molar-refractivity contribution in [3.63, 3.8) is 0 Å². The van der Waals surface area contributed by atoms with Crippen LogP contribution in [0.5, 0.6) is 11.5 Å². The van der Waals surface area contributed by atoms with E-state index in [0.717, 1.165) is 35.4 Å². The van der Waals surface area contributed by atoms with Crippen molar-refractivity contribution in [1.29, 1.82) is 0 Å². The number of amides is 1. The molecule has 1 amide bonds. The Morgan fingerprint density at radius 3 is 2.18 bits per heavy atom. The van der Waals surface area contributed by atoms with Crippen molar-refractivity contribution in [2.24, 2.45) is 0 Å². The summed E-state index contributed by atoms with van der Waals surface area (Å²) in [7, 11) is -2.14. The van der Waals surface area contributed by atoms with Gasteiger partial charge in [0.1, 0.15) is 18.0 Å². The van der Waals surface area contributed by atoms with Crippen LogP contribution in [0.2, 0.25) is 0 Å². The van der Waals surface area contributed by atoms with Gasteiger partial charge in [0.05, 0.1) is 16.8 Å². The molecule has 0 unspecified atom stereocenters. The summed E-state index contributed by atoms with van der Waals surface area (Å²) in [4.78, 5) is 35.3. The smallest absolute Gasteiger partial charge is 0.414 e. The Labute approximate surface area is 257 Å². The number of hydrogen-bond donors (Lipinski definition) is 1. The van der Waals surface area contributed by atoms with Crippen LogP contribution >= 0.6 is 0 Å². The molecule has 0 radical (unpaired) electrons. The second kappa shape index (κ2) is 14.4. The number of carbonyl (C=O) groups excluding carboxylic acids is 2. The molecule has 0 aliphatic rings. The minimum absolute atomic E-state index is 0.0414. The summed E-state index contributed by atoms with van der Waals surface area (Å²) < 4.78 is 93.4. The molecule has 0 saturated heterocycles. The van der Waals surface area contributed by atoms with Crippen molar-refractivity contribution in [1.82, 2.24) is 14.9 Å². The topological polar surface area (TPSA) is 134 Å². The van der Waals surface area contributed by atoms with Crippen molar-refractivity contribution in [2.75, 3.05) is 48.3 Å². The zero-order chi connectivity index (χ0) is 33.5. The van der Waals surface area contributed by atoms with Crippen LogP contribution in [-0.2, 0) is 14.8 Å². The first-order valence-electron chi connectivity index (χ1n) is 13.6. The van der Waals surface area contributed by atoms with Crippen LogP contribution in [0, 0.1) is 5.82 Å². The van der Waals surface area contributed by atoms with Gasteiger partial charge in [-0.25, -0.2) is 22.6 Å². The number of hydrogen-bond acceptors (Lipinski definition) is 10. The number of esters is 1. The van der Waals surface area contributed by atoms with Crippen LogP contribution in [0.4, 0.5) is 45.5 Å². The molecule has 12 nitrogen and oxygen atoms in total. The molecule has 17 heteroatoms. The van der Waals surface area contributed by atoms with Gasteiger partial charge in [0.15, 0.2) is 17.3 Å². The standard InChI is InChI=1S/C28H32F4N6O6S/c1-6-23(39)44-24-20(10-9-11-22(24)43-27(40)36(4)5)34-25-21(16-33-26(35-25)37(7-2)8-3)38(17-28(30,31)32)45(41,42)19-14-12-18(29)13-15-19/h9-16H,6-8,17H2,1-5H3,(H,33,34,35). The lowest BCUT2D eigenvalue weighted by Gasteiger charge is -2.28. The number of halogens is 4. The molecule has 0 aliphatic carbocycles. The van der Waals surface area contributed by atoms with E-state index in [2.05, 4.69) is 15.3 Å². The number of carbonyl (C=O) groups is 2. The number of nitrogens with one attached hydrogen (secondary N) is 1. The zero-order valence-corrected chi connectivity index (χ0v) is 25.9. The third kappa shape index (κ3) is 8.71. The maximum atomic E-state index is 13.9. The molecule has 0 bridgehead atoms. The molecular weight excluding hydrogens is 624 g/mol. The summed E-state index contributed by atoms with van der Waals surface area (Å²) in [5.74, 6) is -2.44. The first-order valence-corrected chi connectivity index (χ1v) is 15.0. The summed E-state index contributed by atoms with van der Waals surface area (Å²) in [6, 6.07) is 7.34. The molecule has 0 fully saturated rings. The van der Waals surface area contributed by atoms with E-state index in [0.29, 0.717) is 13.1 Å². The van der Waals surface area contributed by atoms with E-state index in [4.69, 9.17) is 9.47 Å². The SMILES string of the molecule is CCC(=O)Oc1c(Nc2nc(N(CC)CC)ncc2N(CC(F)(F)F)S(=O)(=O)c2ccc(F)cc2)cccc1OC(=O)N(C)C. The molecule has 3 aromatic rings. The average molecular weight is 657 g/mol. The molecule has 0 aliphatic heterocycles. The van der Waals surface area contributed by atoms with Crippen molar-refractivity contribution in [3.05, 3.63) is 54.5 Å². The van der Waals surface area contributed by atoms with Crippen LogP contribution in [0.15, 0.2) is 53.6 Å². The highest BCUT2D eigenvalue weighted by Crippen LogP contribution is 2.41. The van der Waals surface area contributed by atoms with Gasteiger partial charge in [0.25, 0.3) is 10.0 Å². The Balaban J connectivity index is 2.29. The summed E-state index contributed by atoms with van der Waals surface area (Å²) in [5, 5.41) is 2.76. The third-order valence-corrected chi connectivity index (χ3v) is 7.87. The quantitative estimate of drug-likeness (QED) is 0.155. The van der Waals surface area contributed by atoms with Crippen LogP contribution in [-0.4, -0.2) is 75.3 Å². The van der Waals surface area contributed by atoms with E-state index in [1.54, 1.807) is 18.7 Å². The Morgan fingerprint density at radius 1 is 0.978 bits per heavy atom. The van der Waals surface area contributed by atoms with Crippen molar-refractivity contribution in [3.8, 4) is 11.5 Å². The number of alkyl halides is 3. The zero-order valence-electron chi connectivity index (χ0n) is 25.1. The third-order valence-electron chi connectivity index (χ3n) is 6.10. The molecule has 0 spiro atoms.